The predicted molar refractivity (Wildman–Crippen MR) is 119 cm³/mol. The van der Waals surface area contributed by atoms with Crippen molar-refractivity contribution in [1.29, 1.82) is 0 Å². The van der Waals surface area contributed by atoms with E-state index in [-0.39, 0.29) is 5.91 Å². The van der Waals surface area contributed by atoms with Crippen LogP contribution >= 0.6 is 11.3 Å². The largest absolute Gasteiger partial charge is 0.302 e. The van der Waals surface area contributed by atoms with Crippen molar-refractivity contribution in [1.82, 2.24) is 24.6 Å². The summed E-state index contributed by atoms with van der Waals surface area (Å²) in [4.78, 5) is 25.6. The van der Waals surface area contributed by atoms with Gasteiger partial charge in [-0.1, -0.05) is 37.6 Å². The van der Waals surface area contributed by atoms with Gasteiger partial charge in [0.25, 0.3) is 5.78 Å². The normalized spacial score (nSPS) is 11.2. The average Bonchev–Trinajstić information content (AvgIpc) is 3.38. The highest BCUT2D eigenvalue weighted by molar-refractivity contribution is 7.14. The smallest absolute Gasteiger partial charge is 0.252 e. The summed E-state index contributed by atoms with van der Waals surface area (Å²) in [6.07, 6.45) is 4.64. The molecule has 0 bridgehead atoms. The first-order valence-corrected chi connectivity index (χ1v) is 10.9. The van der Waals surface area contributed by atoms with E-state index in [0.717, 1.165) is 41.1 Å². The average molecular weight is 421 g/mol. The molecule has 3 heterocycles. The summed E-state index contributed by atoms with van der Waals surface area (Å²) in [7, 11) is 0. The van der Waals surface area contributed by atoms with Gasteiger partial charge in [-0.3, -0.25) is 4.79 Å². The number of hydrogen-bond acceptors (Lipinski definition) is 6. The van der Waals surface area contributed by atoms with E-state index in [2.05, 4.69) is 56.6 Å². The number of amides is 1. The maximum atomic E-state index is 12.5. The van der Waals surface area contributed by atoms with E-state index < -0.39 is 0 Å². The summed E-state index contributed by atoms with van der Waals surface area (Å²) in [5.41, 5.74) is 6.13. The Hall–Kier alpha value is -3.13. The van der Waals surface area contributed by atoms with Crippen LogP contribution in [0.1, 0.15) is 42.3 Å². The standard InChI is InChI=1S/C22H24N6OS/c1-4-5-16-6-8-17(9-7-16)19-12-30-22(26-19)27-20(29)11-10-18-14(2)25-21-23-13-24-28(21)15(18)3/h6-9,12-13H,4-5,10-11H2,1-3H3,(H,26,27,29). The minimum absolute atomic E-state index is 0.0633. The van der Waals surface area contributed by atoms with Crippen LogP contribution in [0.25, 0.3) is 17.0 Å². The van der Waals surface area contributed by atoms with Gasteiger partial charge in [-0.05, 0) is 37.8 Å². The predicted octanol–water partition coefficient (Wildman–Crippen LogP) is 4.39. The SMILES string of the molecule is CCCc1ccc(-c2csc(NC(=O)CCc3c(C)nc4ncnn4c3C)n2)cc1. The first kappa shape index (κ1) is 20.2. The van der Waals surface area contributed by atoms with E-state index in [1.807, 2.05) is 19.2 Å². The highest BCUT2D eigenvalue weighted by atomic mass is 32.1. The molecule has 4 aromatic rings. The fourth-order valence-corrected chi connectivity index (χ4v) is 4.27. The Morgan fingerprint density at radius 3 is 2.70 bits per heavy atom. The molecule has 0 saturated heterocycles. The fraction of sp³-hybridized carbons (Fsp3) is 0.318. The molecule has 0 radical (unpaired) electrons. The Balaban J connectivity index is 1.39. The van der Waals surface area contributed by atoms with Crippen molar-refractivity contribution in [3.05, 3.63) is 58.5 Å². The Bertz CT molecular complexity index is 1180. The van der Waals surface area contributed by atoms with Gasteiger partial charge < -0.3 is 5.32 Å². The molecule has 0 unspecified atom stereocenters. The van der Waals surface area contributed by atoms with Crippen LogP contribution < -0.4 is 5.32 Å². The molecule has 0 aliphatic heterocycles. The summed E-state index contributed by atoms with van der Waals surface area (Å²) in [6, 6.07) is 8.46. The lowest BCUT2D eigenvalue weighted by Gasteiger charge is -2.10. The Kier molecular flexibility index (Phi) is 5.85. The number of benzene rings is 1. The number of thiazole rings is 1. The number of carbonyl (C=O) groups is 1. The lowest BCUT2D eigenvalue weighted by molar-refractivity contribution is -0.116. The summed E-state index contributed by atoms with van der Waals surface area (Å²) >= 11 is 1.44. The van der Waals surface area contributed by atoms with Crippen LogP contribution in [0.15, 0.2) is 36.0 Å². The number of fused-ring (bicyclic) bond motifs is 1. The molecule has 0 aliphatic carbocycles. The van der Waals surface area contributed by atoms with Crippen molar-refractivity contribution in [3.8, 4) is 11.3 Å². The topological polar surface area (TPSA) is 85.1 Å². The molecule has 7 nitrogen and oxygen atoms in total. The molecule has 1 amide bonds. The van der Waals surface area contributed by atoms with Crippen LogP contribution in [0.3, 0.4) is 0 Å². The fourth-order valence-electron chi connectivity index (χ4n) is 3.53. The molecule has 154 valence electrons. The molecule has 30 heavy (non-hydrogen) atoms. The van der Waals surface area contributed by atoms with Crippen molar-refractivity contribution in [2.75, 3.05) is 5.32 Å². The van der Waals surface area contributed by atoms with E-state index in [1.54, 1.807) is 4.52 Å². The monoisotopic (exact) mass is 420 g/mol. The number of rotatable bonds is 7. The van der Waals surface area contributed by atoms with Gasteiger partial charge in [0, 0.05) is 28.8 Å². The van der Waals surface area contributed by atoms with Crippen molar-refractivity contribution in [3.63, 3.8) is 0 Å². The molecule has 0 fully saturated rings. The molecule has 0 spiro atoms. The zero-order chi connectivity index (χ0) is 21.1. The highest BCUT2D eigenvalue weighted by Gasteiger charge is 2.14. The van der Waals surface area contributed by atoms with Crippen LogP contribution in [0, 0.1) is 13.8 Å². The quantitative estimate of drug-likeness (QED) is 0.479. The lowest BCUT2D eigenvalue weighted by Crippen LogP contribution is -2.14. The van der Waals surface area contributed by atoms with Crippen LogP contribution in [0.2, 0.25) is 0 Å². The molecule has 3 aromatic heterocycles. The van der Waals surface area contributed by atoms with Gasteiger partial charge in [-0.25, -0.2) is 14.5 Å². The second-order valence-corrected chi connectivity index (χ2v) is 8.12. The molecular weight excluding hydrogens is 396 g/mol. The number of nitrogens with one attached hydrogen (secondary N) is 1. The number of aryl methyl sites for hydroxylation is 3. The summed E-state index contributed by atoms with van der Waals surface area (Å²) < 4.78 is 1.71. The van der Waals surface area contributed by atoms with Crippen molar-refractivity contribution < 1.29 is 4.79 Å². The zero-order valence-electron chi connectivity index (χ0n) is 17.3. The van der Waals surface area contributed by atoms with E-state index in [0.29, 0.717) is 23.8 Å². The van der Waals surface area contributed by atoms with Crippen LogP contribution in [-0.4, -0.2) is 30.5 Å². The minimum Gasteiger partial charge on any atom is -0.302 e. The molecule has 0 atom stereocenters. The first-order valence-electron chi connectivity index (χ1n) is 10.1. The molecule has 0 aliphatic rings. The number of hydrogen-bond donors (Lipinski definition) is 1. The molecule has 8 heteroatoms. The van der Waals surface area contributed by atoms with Gasteiger partial charge in [-0.15, -0.1) is 11.3 Å². The maximum absolute atomic E-state index is 12.5. The Labute approximate surface area is 179 Å². The lowest BCUT2D eigenvalue weighted by atomic mass is 10.1. The third-order valence-electron chi connectivity index (χ3n) is 5.13. The van der Waals surface area contributed by atoms with Gasteiger partial charge in [0.1, 0.15) is 6.33 Å². The summed E-state index contributed by atoms with van der Waals surface area (Å²) in [5.74, 6) is 0.517. The minimum atomic E-state index is -0.0633. The summed E-state index contributed by atoms with van der Waals surface area (Å²) in [6.45, 7) is 6.09. The Morgan fingerprint density at radius 1 is 1.13 bits per heavy atom. The van der Waals surface area contributed by atoms with Crippen molar-refractivity contribution >= 4 is 28.2 Å². The number of nitrogens with zero attached hydrogens (tertiary/aromatic N) is 5. The van der Waals surface area contributed by atoms with Gasteiger partial charge in [0.2, 0.25) is 5.91 Å². The van der Waals surface area contributed by atoms with Crippen molar-refractivity contribution in [2.45, 2.75) is 46.5 Å². The van der Waals surface area contributed by atoms with Crippen LogP contribution in [0.5, 0.6) is 0 Å². The number of anilines is 1. The molecule has 4 rings (SSSR count). The molecule has 1 N–H and O–H groups in total. The van der Waals surface area contributed by atoms with Gasteiger partial charge in [0.15, 0.2) is 5.13 Å². The third kappa shape index (κ3) is 4.23. The second-order valence-electron chi connectivity index (χ2n) is 7.27. The third-order valence-corrected chi connectivity index (χ3v) is 5.89. The Morgan fingerprint density at radius 2 is 1.93 bits per heavy atom. The highest BCUT2D eigenvalue weighted by Crippen LogP contribution is 2.25. The zero-order valence-corrected chi connectivity index (χ0v) is 18.2. The van der Waals surface area contributed by atoms with Gasteiger partial charge in [-0.2, -0.15) is 10.1 Å². The van der Waals surface area contributed by atoms with E-state index in [4.69, 9.17) is 0 Å². The van der Waals surface area contributed by atoms with E-state index in [1.165, 1.54) is 23.2 Å². The van der Waals surface area contributed by atoms with Gasteiger partial charge >= 0.3 is 0 Å². The maximum Gasteiger partial charge on any atom is 0.252 e. The molecule has 1 aromatic carbocycles. The van der Waals surface area contributed by atoms with Crippen molar-refractivity contribution in [2.24, 2.45) is 0 Å². The number of carbonyl (C=O) groups excluding carboxylic acids is 1. The first-order chi connectivity index (χ1) is 14.5. The van der Waals surface area contributed by atoms with E-state index in [9.17, 15) is 4.79 Å². The summed E-state index contributed by atoms with van der Waals surface area (Å²) in [5, 5.41) is 9.70. The van der Waals surface area contributed by atoms with Crippen LogP contribution in [-0.2, 0) is 17.6 Å². The molecule has 0 saturated carbocycles. The molecular formula is C22H24N6OS. The second kappa shape index (κ2) is 8.71. The number of aromatic nitrogens is 5. The van der Waals surface area contributed by atoms with Crippen LogP contribution in [0.4, 0.5) is 5.13 Å². The van der Waals surface area contributed by atoms with Gasteiger partial charge in [0.05, 0.1) is 5.69 Å². The van der Waals surface area contributed by atoms with E-state index >= 15 is 0 Å².